The van der Waals surface area contributed by atoms with Crippen molar-refractivity contribution >= 4 is 22.9 Å². The molecule has 4 nitrogen and oxygen atoms in total. The minimum atomic E-state index is -0.0642. The molecule has 5 heteroatoms. The quantitative estimate of drug-likeness (QED) is 0.655. The molecule has 1 heterocycles. The van der Waals surface area contributed by atoms with Crippen LogP contribution in [0.4, 0.5) is 5.69 Å². The Morgan fingerprint density at radius 1 is 1.19 bits per heavy atom. The lowest BCUT2D eigenvalue weighted by Gasteiger charge is -2.05. The minimum absolute atomic E-state index is 0.0642. The maximum absolute atomic E-state index is 12.2. The number of nitrogens with zero attached hydrogens (tertiary/aromatic N) is 1. The van der Waals surface area contributed by atoms with Crippen molar-refractivity contribution in [1.29, 1.82) is 0 Å². The largest absolute Gasteiger partial charge is 0.486 e. The molecular weight excluding hydrogens is 344 g/mol. The molecule has 3 rings (SSSR count). The Balaban J connectivity index is 1.51. The normalized spacial score (nSPS) is 10.5. The lowest BCUT2D eigenvalue weighted by Crippen LogP contribution is -2.14. The third kappa shape index (κ3) is 5.17. The first-order valence-corrected chi connectivity index (χ1v) is 9.52. The number of amides is 1. The van der Waals surface area contributed by atoms with E-state index in [4.69, 9.17) is 4.74 Å². The second kappa shape index (κ2) is 8.63. The van der Waals surface area contributed by atoms with Gasteiger partial charge in [-0.15, -0.1) is 11.3 Å². The number of ether oxygens (including phenoxy) is 1. The van der Waals surface area contributed by atoms with Gasteiger partial charge in [0.15, 0.2) is 0 Å². The first-order chi connectivity index (χ1) is 12.6. The van der Waals surface area contributed by atoms with Crippen LogP contribution in [0.2, 0.25) is 0 Å². The highest BCUT2D eigenvalue weighted by Gasteiger charge is 2.09. The van der Waals surface area contributed by atoms with Crippen molar-refractivity contribution in [3.63, 3.8) is 0 Å². The third-order valence-corrected chi connectivity index (χ3v) is 4.81. The maximum Gasteiger partial charge on any atom is 0.230 e. The fourth-order valence-corrected chi connectivity index (χ4v) is 3.25. The lowest BCUT2D eigenvalue weighted by molar-refractivity contribution is -0.115. The van der Waals surface area contributed by atoms with E-state index >= 15 is 0 Å². The average Bonchev–Trinajstić information content (AvgIpc) is 3.08. The van der Waals surface area contributed by atoms with Crippen LogP contribution in [0.25, 0.3) is 0 Å². The Morgan fingerprint density at radius 2 is 2.00 bits per heavy atom. The van der Waals surface area contributed by atoms with Gasteiger partial charge in [0.2, 0.25) is 5.91 Å². The number of nitrogens with one attached hydrogen (secondary N) is 1. The minimum Gasteiger partial charge on any atom is -0.486 e. The highest BCUT2D eigenvalue weighted by Crippen LogP contribution is 2.17. The van der Waals surface area contributed by atoms with E-state index < -0.39 is 0 Å². The molecule has 0 atom stereocenters. The zero-order valence-electron chi connectivity index (χ0n) is 15.0. The summed E-state index contributed by atoms with van der Waals surface area (Å²) in [6.07, 6.45) is 1.25. The van der Waals surface area contributed by atoms with Crippen molar-refractivity contribution < 1.29 is 9.53 Å². The highest BCUT2D eigenvalue weighted by molar-refractivity contribution is 7.09. The summed E-state index contributed by atoms with van der Waals surface area (Å²) in [7, 11) is 0. The van der Waals surface area contributed by atoms with Crippen LogP contribution in [-0.2, 0) is 24.2 Å². The molecule has 0 aliphatic heterocycles. The topological polar surface area (TPSA) is 51.2 Å². The van der Waals surface area contributed by atoms with Gasteiger partial charge in [0.1, 0.15) is 17.4 Å². The Hall–Kier alpha value is -2.66. The highest BCUT2D eigenvalue weighted by atomic mass is 32.1. The Bertz CT molecular complexity index is 872. The molecule has 134 valence electrons. The number of aromatic nitrogens is 1. The zero-order chi connectivity index (χ0) is 18.4. The van der Waals surface area contributed by atoms with E-state index in [1.165, 1.54) is 16.9 Å². The number of rotatable bonds is 7. The number of hydrogen-bond acceptors (Lipinski definition) is 4. The Morgan fingerprint density at radius 3 is 2.73 bits per heavy atom. The van der Waals surface area contributed by atoms with Crippen LogP contribution in [0, 0.1) is 6.92 Å². The summed E-state index contributed by atoms with van der Waals surface area (Å²) >= 11 is 1.51. The molecule has 1 aromatic heterocycles. The number of carbonyl (C=O) groups is 1. The molecule has 0 spiro atoms. The van der Waals surface area contributed by atoms with E-state index in [2.05, 4.69) is 17.2 Å². The molecule has 0 aliphatic rings. The van der Waals surface area contributed by atoms with Gasteiger partial charge >= 0.3 is 0 Å². The number of anilines is 1. The van der Waals surface area contributed by atoms with E-state index in [0.717, 1.165) is 34.1 Å². The van der Waals surface area contributed by atoms with Crippen molar-refractivity contribution in [3.05, 3.63) is 75.7 Å². The summed E-state index contributed by atoms with van der Waals surface area (Å²) in [5, 5.41) is 5.68. The van der Waals surface area contributed by atoms with Crippen molar-refractivity contribution in [1.82, 2.24) is 4.98 Å². The van der Waals surface area contributed by atoms with Gasteiger partial charge in [0.05, 0.1) is 12.1 Å². The van der Waals surface area contributed by atoms with Gasteiger partial charge in [0, 0.05) is 11.1 Å². The summed E-state index contributed by atoms with van der Waals surface area (Å²) in [6, 6.07) is 15.8. The molecule has 0 unspecified atom stereocenters. The van der Waals surface area contributed by atoms with Gasteiger partial charge in [-0.05, 0) is 48.7 Å². The van der Waals surface area contributed by atoms with Crippen molar-refractivity contribution in [3.8, 4) is 5.75 Å². The summed E-state index contributed by atoms with van der Waals surface area (Å²) in [5.74, 6) is 0.765. The van der Waals surface area contributed by atoms with E-state index in [-0.39, 0.29) is 12.3 Å². The molecular formula is C21H22N2O2S. The second-order valence-corrected chi connectivity index (χ2v) is 7.06. The summed E-state index contributed by atoms with van der Waals surface area (Å²) < 4.78 is 5.76. The first-order valence-electron chi connectivity index (χ1n) is 8.64. The number of hydrogen-bond donors (Lipinski definition) is 1. The average molecular weight is 366 g/mol. The van der Waals surface area contributed by atoms with Crippen LogP contribution < -0.4 is 10.1 Å². The number of thiazole rings is 1. The van der Waals surface area contributed by atoms with Gasteiger partial charge in [-0.2, -0.15) is 0 Å². The smallest absolute Gasteiger partial charge is 0.230 e. The lowest BCUT2D eigenvalue weighted by atomic mass is 10.1. The monoisotopic (exact) mass is 366 g/mol. The second-order valence-electron chi connectivity index (χ2n) is 6.11. The SMILES string of the molecule is CCc1ccc(NC(=O)Cc2csc(COc3cccc(C)c3)n2)cc1. The molecule has 0 bridgehead atoms. The van der Waals surface area contributed by atoms with E-state index in [9.17, 15) is 4.79 Å². The molecule has 26 heavy (non-hydrogen) atoms. The number of aryl methyl sites for hydroxylation is 2. The first kappa shape index (κ1) is 18.1. The van der Waals surface area contributed by atoms with Crippen molar-refractivity contribution in [2.75, 3.05) is 5.32 Å². The molecule has 1 amide bonds. The molecule has 2 aromatic carbocycles. The standard InChI is InChI=1S/C21H22N2O2S/c1-3-16-7-9-17(10-8-16)22-20(24)12-18-14-26-21(23-18)13-25-19-6-4-5-15(2)11-19/h4-11,14H,3,12-13H2,1-2H3,(H,22,24). The molecule has 0 radical (unpaired) electrons. The van der Waals surface area contributed by atoms with Crippen molar-refractivity contribution in [2.45, 2.75) is 33.3 Å². The van der Waals surface area contributed by atoms with Gasteiger partial charge in [-0.3, -0.25) is 4.79 Å². The van der Waals surface area contributed by atoms with Gasteiger partial charge in [0.25, 0.3) is 0 Å². The molecule has 3 aromatic rings. The number of carbonyl (C=O) groups excluding carboxylic acids is 1. The Kier molecular flexibility index (Phi) is 6.02. The van der Waals surface area contributed by atoms with Crippen LogP contribution in [0.3, 0.4) is 0 Å². The van der Waals surface area contributed by atoms with Crippen LogP contribution in [0.15, 0.2) is 53.9 Å². The van der Waals surface area contributed by atoms with E-state index in [1.807, 2.05) is 60.8 Å². The van der Waals surface area contributed by atoms with Crippen LogP contribution in [-0.4, -0.2) is 10.9 Å². The molecule has 0 saturated heterocycles. The summed E-state index contributed by atoms with van der Waals surface area (Å²) in [5.41, 5.74) is 3.98. The van der Waals surface area contributed by atoms with Gasteiger partial charge in [-0.25, -0.2) is 4.98 Å². The van der Waals surface area contributed by atoms with Gasteiger partial charge in [-0.1, -0.05) is 31.2 Å². The fraction of sp³-hybridized carbons (Fsp3) is 0.238. The van der Waals surface area contributed by atoms with Crippen LogP contribution in [0.1, 0.15) is 28.8 Å². The van der Waals surface area contributed by atoms with E-state index in [0.29, 0.717) is 6.61 Å². The third-order valence-electron chi connectivity index (χ3n) is 3.94. The van der Waals surface area contributed by atoms with Crippen LogP contribution in [0.5, 0.6) is 5.75 Å². The summed E-state index contributed by atoms with van der Waals surface area (Å²) in [4.78, 5) is 16.7. The molecule has 0 saturated carbocycles. The summed E-state index contributed by atoms with van der Waals surface area (Å²) in [6.45, 7) is 4.55. The molecule has 0 aliphatic carbocycles. The predicted molar refractivity (Wildman–Crippen MR) is 106 cm³/mol. The maximum atomic E-state index is 12.2. The molecule has 0 fully saturated rings. The van der Waals surface area contributed by atoms with Crippen LogP contribution >= 0.6 is 11.3 Å². The zero-order valence-corrected chi connectivity index (χ0v) is 15.8. The van der Waals surface area contributed by atoms with Gasteiger partial charge < -0.3 is 10.1 Å². The predicted octanol–water partition coefficient (Wildman–Crippen LogP) is 4.77. The fourth-order valence-electron chi connectivity index (χ4n) is 2.54. The number of benzene rings is 2. The van der Waals surface area contributed by atoms with E-state index in [1.54, 1.807) is 0 Å². The van der Waals surface area contributed by atoms with Crippen molar-refractivity contribution in [2.24, 2.45) is 0 Å². The molecule has 1 N–H and O–H groups in total. The Labute approximate surface area is 157 Å².